The minimum Gasteiger partial charge on any atom is -0.494 e. The van der Waals surface area contributed by atoms with Gasteiger partial charge in [-0.25, -0.2) is 0 Å². The fourth-order valence-electron chi connectivity index (χ4n) is 3.64. The van der Waals surface area contributed by atoms with Crippen molar-refractivity contribution in [1.29, 1.82) is 5.26 Å². The van der Waals surface area contributed by atoms with Gasteiger partial charge in [0, 0.05) is 12.1 Å². The number of aromatic nitrogens is 1. The van der Waals surface area contributed by atoms with Crippen LogP contribution in [0.1, 0.15) is 38.2 Å². The molecule has 0 unspecified atom stereocenters. The second-order valence-corrected chi connectivity index (χ2v) is 7.41. The van der Waals surface area contributed by atoms with Crippen LogP contribution in [0.5, 0.6) is 17.4 Å². The summed E-state index contributed by atoms with van der Waals surface area (Å²) in [5, 5.41) is 20.5. The Morgan fingerprint density at radius 3 is 2.44 bits per heavy atom. The first kappa shape index (κ1) is 22.6. The van der Waals surface area contributed by atoms with Gasteiger partial charge in [-0.1, -0.05) is 29.8 Å². The van der Waals surface area contributed by atoms with E-state index in [-0.39, 0.29) is 23.2 Å². The molecule has 0 amide bonds. The van der Waals surface area contributed by atoms with Crippen molar-refractivity contribution in [2.45, 2.75) is 26.8 Å². The molecular weight excluding hydrogens is 408 g/mol. The smallest absolute Gasteiger partial charge is 0.271 e. The number of pyridine rings is 1. The molecule has 0 spiro atoms. The Morgan fingerprint density at radius 2 is 1.81 bits per heavy atom. The van der Waals surface area contributed by atoms with Crippen LogP contribution >= 0.6 is 0 Å². The van der Waals surface area contributed by atoms with E-state index in [1.807, 2.05) is 25.1 Å². The number of ketones is 1. The number of carbonyl (C=O) groups excluding carboxylic acids is 1. The molecule has 0 atom stereocenters. The normalized spacial score (nSPS) is 10.5. The zero-order chi connectivity index (χ0) is 23.4. The van der Waals surface area contributed by atoms with Crippen LogP contribution in [0.2, 0.25) is 0 Å². The molecule has 1 heterocycles. The number of methoxy groups -OCH3 is 2. The molecule has 0 radical (unpaired) electrons. The predicted octanol–water partition coefficient (Wildman–Crippen LogP) is 3.53. The van der Waals surface area contributed by atoms with E-state index in [0.29, 0.717) is 23.5 Å². The molecular formula is C25H24N2O5. The zero-order valence-corrected chi connectivity index (χ0v) is 18.4. The average molecular weight is 432 g/mol. The number of hydrogen-bond donors (Lipinski definition) is 1. The predicted molar refractivity (Wildman–Crippen MR) is 120 cm³/mol. The SMILES string of the molecule is COc1ccc(CCn2c(O)c(C(=O)c3cccc(C)c3)c(C)c(C#N)c2=O)cc1OC. The Morgan fingerprint density at radius 1 is 1.09 bits per heavy atom. The number of carbonyl (C=O) groups is 1. The highest BCUT2D eigenvalue weighted by atomic mass is 16.5. The summed E-state index contributed by atoms with van der Waals surface area (Å²) in [7, 11) is 3.07. The summed E-state index contributed by atoms with van der Waals surface area (Å²) in [6, 6.07) is 14.2. The van der Waals surface area contributed by atoms with Gasteiger partial charge in [0.2, 0.25) is 5.88 Å². The molecule has 2 aromatic carbocycles. The molecule has 1 aromatic heterocycles. The van der Waals surface area contributed by atoms with E-state index in [1.54, 1.807) is 30.3 Å². The largest absolute Gasteiger partial charge is 0.494 e. The molecule has 0 aliphatic heterocycles. The number of aromatic hydroxyl groups is 1. The maximum absolute atomic E-state index is 13.2. The molecule has 0 saturated carbocycles. The number of rotatable bonds is 7. The molecule has 0 aliphatic rings. The molecule has 1 N–H and O–H groups in total. The number of nitriles is 1. The Labute approximate surface area is 186 Å². The van der Waals surface area contributed by atoms with Gasteiger partial charge in [-0.2, -0.15) is 5.26 Å². The quantitative estimate of drug-likeness (QED) is 0.573. The van der Waals surface area contributed by atoms with Crippen molar-refractivity contribution in [2.75, 3.05) is 14.2 Å². The number of aryl methyl sites for hydroxylation is 2. The summed E-state index contributed by atoms with van der Waals surface area (Å²) < 4.78 is 11.6. The van der Waals surface area contributed by atoms with Gasteiger partial charge < -0.3 is 14.6 Å². The number of benzene rings is 2. The van der Waals surface area contributed by atoms with E-state index in [0.717, 1.165) is 15.7 Å². The minimum atomic E-state index is -0.635. The maximum atomic E-state index is 13.2. The standard InChI is InChI=1S/C25H24N2O5/c1-15-6-5-7-18(12-15)23(28)22-16(2)19(14-26)24(29)27(25(22)30)11-10-17-8-9-20(31-3)21(13-17)32-4/h5-9,12-13,30H,10-11H2,1-4H3. The lowest BCUT2D eigenvalue weighted by Gasteiger charge is -2.16. The van der Waals surface area contributed by atoms with Crippen LogP contribution in [0.25, 0.3) is 0 Å². The van der Waals surface area contributed by atoms with Crippen LogP contribution in [0.4, 0.5) is 0 Å². The fourth-order valence-corrected chi connectivity index (χ4v) is 3.64. The first-order valence-corrected chi connectivity index (χ1v) is 10.0. The van der Waals surface area contributed by atoms with Crippen molar-refractivity contribution in [3.8, 4) is 23.4 Å². The first-order chi connectivity index (χ1) is 15.3. The molecule has 7 nitrogen and oxygen atoms in total. The molecule has 0 fully saturated rings. The summed E-state index contributed by atoms with van der Waals surface area (Å²) in [4.78, 5) is 26.1. The van der Waals surface area contributed by atoms with Crippen LogP contribution in [-0.2, 0) is 13.0 Å². The lowest BCUT2D eigenvalue weighted by atomic mass is 9.96. The summed E-state index contributed by atoms with van der Waals surface area (Å²) >= 11 is 0. The summed E-state index contributed by atoms with van der Waals surface area (Å²) in [6.45, 7) is 3.43. The van der Waals surface area contributed by atoms with Gasteiger partial charge in [0.1, 0.15) is 11.6 Å². The summed E-state index contributed by atoms with van der Waals surface area (Å²) in [6.07, 6.45) is 0.361. The topological polar surface area (TPSA) is 102 Å². The second kappa shape index (κ2) is 9.40. The van der Waals surface area contributed by atoms with Crippen molar-refractivity contribution in [3.63, 3.8) is 0 Å². The Balaban J connectivity index is 2.05. The van der Waals surface area contributed by atoms with Gasteiger partial charge in [0.05, 0.1) is 19.8 Å². The average Bonchev–Trinajstić information content (AvgIpc) is 2.79. The van der Waals surface area contributed by atoms with E-state index in [1.165, 1.54) is 21.1 Å². The van der Waals surface area contributed by atoms with Crippen molar-refractivity contribution < 1.29 is 19.4 Å². The highest BCUT2D eigenvalue weighted by Gasteiger charge is 2.25. The van der Waals surface area contributed by atoms with Gasteiger partial charge >= 0.3 is 0 Å². The lowest BCUT2D eigenvalue weighted by Crippen LogP contribution is -2.27. The van der Waals surface area contributed by atoms with Crippen LogP contribution in [-0.4, -0.2) is 29.7 Å². The third kappa shape index (κ3) is 4.21. The van der Waals surface area contributed by atoms with Crippen molar-refractivity contribution in [3.05, 3.63) is 86.2 Å². The third-order valence-corrected chi connectivity index (χ3v) is 5.38. The van der Waals surface area contributed by atoms with Crippen molar-refractivity contribution >= 4 is 5.78 Å². The van der Waals surface area contributed by atoms with Crippen LogP contribution in [0.15, 0.2) is 47.3 Å². The Hall–Kier alpha value is -4.05. The van der Waals surface area contributed by atoms with Crippen LogP contribution < -0.4 is 15.0 Å². The number of nitrogens with zero attached hydrogens (tertiary/aromatic N) is 2. The van der Waals surface area contributed by atoms with Crippen molar-refractivity contribution in [2.24, 2.45) is 0 Å². The van der Waals surface area contributed by atoms with Gasteiger partial charge in [0.15, 0.2) is 17.3 Å². The monoisotopic (exact) mass is 432 g/mol. The van der Waals surface area contributed by atoms with Gasteiger partial charge in [0.25, 0.3) is 5.56 Å². The lowest BCUT2D eigenvalue weighted by molar-refractivity contribution is 0.103. The highest BCUT2D eigenvalue weighted by molar-refractivity contribution is 6.11. The van der Waals surface area contributed by atoms with E-state index in [9.17, 15) is 20.0 Å². The fraction of sp³-hybridized carbons (Fsp3) is 0.240. The van der Waals surface area contributed by atoms with E-state index < -0.39 is 17.2 Å². The highest BCUT2D eigenvalue weighted by Crippen LogP contribution is 2.29. The first-order valence-electron chi connectivity index (χ1n) is 10.0. The van der Waals surface area contributed by atoms with E-state index in [4.69, 9.17) is 9.47 Å². The number of ether oxygens (including phenoxy) is 2. The maximum Gasteiger partial charge on any atom is 0.271 e. The molecule has 0 saturated heterocycles. The molecule has 3 aromatic rings. The Kier molecular flexibility index (Phi) is 6.64. The zero-order valence-electron chi connectivity index (χ0n) is 18.4. The van der Waals surface area contributed by atoms with Crippen LogP contribution in [0, 0.1) is 25.2 Å². The molecule has 32 heavy (non-hydrogen) atoms. The van der Waals surface area contributed by atoms with Gasteiger partial charge in [-0.3, -0.25) is 14.2 Å². The molecule has 3 rings (SSSR count). The van der Waals surface area contributed by atoms with Gasteiger partial charge in [-0.05, 0) is 49.6 Å². The van der Waals surface area contributed by atoms with Crippen molar-refractivity contribution in [1.82, 2.24) is 4.57 Å². The molecule has 0 bridgehead atoms. The van der Waals surface area contributed by atoms with Gasteiger partial charge in [-0.15, -0.1) is 0 Å². The molecule has 164 valence electrons. The number of hydrogen-bond acceptors (Lipinski definition) is 6. The summed E-state index contributed by atoms with van der Waals surface area (Å²) in [5.41, 5.74) is 1.42. The summed E-state index contributed by atoms with van der Waals surface area (Å²) in [5.74, 6) is 0.224. The molecule has 0 aliphatic carbocycles. The molecule has 7 heteroatoms. The van der Waals surface area contributed by atoms with E-state index >= 15 is 0 Å². The second-order valence-electron chi connectivity index (χ2n) is 7.41. The van der Waals surface area contributed by atoms with E-state index in [2.05, 4.69) is 0 Å². The van der Waals surface area contributed by atoms with Crippen LogP contribution in [0.3, 0.4) is 0 Å². The minimum absolute atomic E-state index is 0.0425. The third-order valence-electron chi connectivity index (χ3n) is 5.38. The Bertz CT molecular complexity index is 1280.